The highest BCUT2D eigenvalue weighted by Crippen LogP contribution is 2.28. The number of rotatable bonds is 4. The molecule has 2 aromatic carbocycles. The molecule has 4 nitrogen and oxygen atoms in total. The van der Waals surface area contributed by atoms with Gasteiger partial charge in [0, 0.05) is 25.8 Å². The van der Waals surface area contributed by atoms with Crippen LogP contribution in [0, 0.1) is 12.8 Å². The first-order valence-corrected chi connectivity index (χ1v) is 8.24. The number of carbonyl (C=O) groups is 2. The minimum absolute atomic E-state index is 0.0887. The van der Waals surface area contributed by atoms with E-state index in [1.165, 1.54) is 0 Å². The van der Waals surface area contributed by atoms with E-state index in [-0.39, 0.29) is 11.8 Å². The number of hydrogen-bond donors (Lipinski definition) is 0. The Bertz CT molecular complexity index is 742. The zero-order valence-corrected chi connectivity index (χ0v) is 14.1. The number of anilines is 1. The molecule has 0 spiro atoms. The third kappa shape index (κ3) is 3.18. The summed E-state index contributed by atoms with van der Waals surface area (Å²) in [5.74, 6) is -0.757. The van der Waals surface area contributed by atoms with Crippen molar-refractivity contribution < 1.29 is 9.59 Å². The lowest BCUT2D eigenvalue weighted by molar-refractivity contribution is -0.139. The molecule has 1 atom stereocenters. The van der Waals surface area contributed by atoms with Gasteiger partial charge >= 0.3 is 0 Å². The molecule has 1 fully saturated rings. The Labute approximate surface area is 142 Å². The quantitative estimate of drug-likeness (QED) is 0.812. The summed E-state index contributed by atoms with van der Waals surface area (Å²) in [5, 5.41) is 0. The molecule has 1 aliphatic rings. The highest BCUT2D eigenvalue weighted by molar-refractivity contribution is 6.09. The van der Waals surface area contributed by atoms with Crippen molar-refractivity contribution >= 4 is 17.5 Å². The first-order valence-electron chi connectivity index (χ1n) is 8.24. The van der Waals surface area contributed by atoms with Crippen molar-refractivity contribution in [1.29, 1.82) is 0 Å². The number of nitrogens with zero attached hydrogens (tertiary/aromatic N) is 2. The normalized spacial score (nSPS) is 17.2. The largest absolute Gasteiger partial charge is 0.341 e. The summed E-state index contributed by atoms with van der Waals surface area (Å²) >= 11 is 0. The summed E-state index contributed by atoms with van der Waals surface area (Å²) in [7, 11) is 1.76. The van der Waals surface area contributed by atoms with Gasteiger partial charge in [0.1, 0.15) is 5.92 Å². The number of carbonyl (C=O) groups excluding carboxylic acids is 2. The first-order chi connectivity index (χ1) is 11.6. The van der Waals surface area contributed by atoms with E-state index in [2.05, 4.69) is 0 Å². The number of aryl methyl sites for hydroxylation is 1. The second-order valence-electron chi connectivity index (χ2n) is 6.30. The summed E-state index contributed by atoms with van der Waals surface area (Å²) in [6.45, 7) is 3.10. The van der Waals surface area contributed by atoms with Crippen LogP contribution >= 0.6 is 0 Å². The van der Waals surface area contributed by atoms with Crippen molar-refractivity contribution in [3.8, 4) is 0 Å². The van der Waals surface area contributed by atoms with E-state index in [1.54, 1.807) is 16.8 Å². The molecule has 0 radical (unpaired) electrons. The lowest BCUT2D eigenvalue weighted by Gasteiger charge is -2.22. The van der Waals surface area contributed by atoms with Crippen LogP contribution in [0.4, 0.5) is 5.69 Å². The molecule has 3 rings (SSSR count). The smallest absolute Gasteiger partial charge is 0.239 e. The maximum absolute atomic E-state index is 12.7. The molecule has 1 saturated heterocycles. The second kappa shape index (κ2) is 6.87. The molecule has 124 valence electrons. The van der Waals surface area contributed by atoms with Gasteiger partial charge in [0.05, 0.1) is 0 Å². The molecule has 0 aromatic heterocycles. The molecule has 0 aliphatic carbocycles. The predicted molar refractivity (Wildman–Crippen MR) is 94.6 cm³/mol. The van der Waals surface area contributed by atoms with Gasteiger partial charge in [0.2, 0.25) is 11.8 Å². The van der Waals surface area contributed by atoms with Crippen LogP contribution in [0.3, 0.4) is 0 Å². The van der Waals surface area contributed by atoms with Crippen LogP contribution in [-0.2, 0) is 16.1 Å². The Morgan fingerprint density at radius 3 is 2.50 bits per heavy atom. The van der Waals surface area contributed by atoms with Crippen molar-refractivity contribution in [3.63, 3.8) is 0 Å². The van der Waals surface area contributed by atoms with Gasteiger partial charge in [-0.15, -0.1) is 0 Å². The molecular formula is C20H22N2O2. The third-order valence-corrected chi connectivity index (χ3v) is 4.55. The highest BCUT2D eigenvalue weighted by atomic mass is 16.2. The standard InChI is InChI=1S/C20H22N2O2/c1-15-8-6-7-11-18(15)22-13-12-17(20(22)24)19(23)21(2)14-16-9-4-3-5-10-16/h3-11,17H,12-14H2,1-2H3/t17-/m1/s1. The fourth-order valence-electron chi connectivity index (χ4n) is 3.22. The topological polar surface area (TPSA) is 40.6 Å². The van der Waals surface area contributed by atoms with E-state index >= 15 is 0 Å². The summed E-state index contributed by atoms with van der Waals surface area (Å²) in [6, 6.07) is 17.6. The van der Waals surface area contributed by atoms with Gasteiger partial charge in [-0.05, 0) is 30.5 Å². The Balaban J connectivity index is 1.70. The van der Waals surface area contributed by atoms with Gasteiger partial charge in [0.15, 0.2) is 0 Å². The zero-order chi connectivity index (χ0) is 17.1. The Kier molecular flexibility index (Phi) is 4.65. The number of benzene rings is 2. The Morgan fingerprint density at radius 2 is 1.79 bits per heavy atom. The number of amides is 2. The first kappa shape index (κ1) is 16.2. The van der Waals surface area contributed by atoms with Crippen LogP contribution in [0.1, 0.15) is 17.5 Å². The molecule has 4 heteroatoms. The average Bonchev–Trinajstić information content (AvgIpc) is 2.97. The molecule has 1 heterocycles. The minimum Gasteiger partial charge on any atom is -0.341 e. The summed E-state index contributed by atoms with van der Waals surface area (Å²) in [6.07, 6.45) is 0.575. The van der Waals surface area contributed by atoms with E-state index in [0.29, 0.717) is 19.5 Å². The SMILES string of the molecule is Cc1ccccc1N1CC[C@H](C(=O)N(C)Cc2ccccc2)C1=O. The molecule has 0 N–H and O–H groups in total. The molecule has 0 saturated carbocycles. The summed E-state index contributed by atoms with van der Waals surface area (Å²) in [4.78, 5) is 28.8. The van der Waals surface area contributed by atoms with Gasteiger partial charge in [-0.1, -0.05) is 48.5 Å². The van der Waals surface area contributed by atoms with Gasteiger partial charge in [-0.2, -0.15) is 0 Å². The van der Waals surface area contributed by atoms with Crippen LogP contribution in [-0.4, -0.2) is 30.3 Å². The van der Waals surface area contributed by atoms with Gasteiger partial charge in [0.25, 0.3) is 0 Å². The van der Waals surface area contributed by atoms with E-state index in [1.807, 2.05) is 61.5 Å². The minimum atomic E-state index is -0.571. The van der Waals surface area contributed by atoms with Crippen molar-refractivity contribution in [2.45, 2.75) is 19.9 Å². The monoisotopic (exact) mass is 322 g/mol. The van der Waals surface area contributed by atoms with Crippen LogP contribution in [0.2, 0.25) is 0 Å². The van der Waals surface area contributed by atoms with Crippen molar-refractivity contribution in [2.75, 3.05) is 18.5 Å². The van der Waals surface area contributed by atoms with Crippen LogP contribution in [0.5, 0.6) is 0 Å². The fraction of sp³-hybridized carbons (Fsp3) is 0.300. The Morgan fingerprint density at radius 1 is 1.12 bits per heavy atom. The molecule has 24 heavy (non-hydrogen) atoms. The molecule has 1 aliphatic heterocycles. The van der Waals surface area contributed by atoms with Crippen LogP contribution in [0.15, 0.2) is 54.6 Å². The maximum Gasteiger partial charge on any atom is 0.239 e. The van der Waals surface area contributed by atoms with Crippen molar-refractivity contribution in [2.24, 2.45) is 5.92 Å². The van der Waals surface area contributed by atoms with Gasteiger partial charge in [-0.25, -0.2) is 0 Å². The zero-order valence-electron chi connectivity index (χ0n) is 14.1. The van der Waals surface area contributed by atoms with E-state index in [4.69, 9.17) is 0 Å². The van der Waals surface area contributed by atoms with E-state index in [0.717, 1.165) is 16.8 Å². The number of hydrogen-bond acceptors (Lipinski definition) is 2. The van der Waals surface area contributed by atoms with Crippen molar-refractivity contribution in [1.82, 2.24) is 4.90 Å². The summed E-state index contributed by atoms with van der Waals surface area (Å²) in [5.41, 5.74) is 3.02. The Hall–Kier alpha value is -2.62. The molecule has 2 amide bonds. The van der Waals surface area contributed by atoms with E-state index < -0.39 is 5.92 Å². The molecular weight excluding hydrogens is 300 g/mol. The lowest BCUT2D eigenvalue weighted by Crippen LogP contribution is -2.37. The third-order valence-electron chi connectivity index (χ3n) is 4.55. The van der Waals surface area contributed by atoms with Crippen molar-refractivity contribution in [3.05, 3.63) is 65.7 Å². The van der Waals surface area contributed by atoms with E-state index in [9.17, 15) is 9.59 Å². The highest BCUT2D eigenvalue weighted by Gasteiger charge is 2.39. The summed E-state index contributed by atoms with van der Waals surface area (Å²) < 4.78 is 0. The fourth-order valence-corrected chi connectivity index (χ4v) is 3.22. The van der Waals surface area contributed by atoms with Crippen LogP contribution < -0.4 is 4.90 Å². The van der Waals surface area contributed by atoms with Gasteiger partial charge in [-0.3, -0.25) is 9.59 Å². The molecule has 2 aromatic rings. The predicted octanol–water partition coefficient (Wildman–Crippen LogP) is 3.01. The molecule has 0 unspecified atom stereocenters. The lowest BCUT2D eigenvalue weighted by atomic mass is 10.1. The molecule has 0 bridgehead atoms. The maximum atomic E-state index is 12.7. The average molecular weight is 322 g/mol. The number of para-hydroxylation sites is 1. The van der Waals surface area contributed by atoms with Gasteiger partial charge < -0.3 is 9.80 Å². The van der Waals surface area contributed by atoms with Crippen LogP contribution in [0.25, 0.3) is 0 Å². The second-order valence-corrected chi connectivity index (χ2v) is 6.30.